The fourth-order valence-corrected chi connectivity index (χ4v) is 4.75. The zero-order valence-electron chi connectivity index (χ0n) is 14.7. The van der Waals surface area contributed by atoms with Crippen LogP contribution in [0.5, 0.6) is 0 Å². The SMILES string of the molecule is Cc1ccc(Cl)c(C2=C[C@@]3(CC[C@H](CO)[C@H]3c3ccc(F)cc3)OC2)c1. The molecular weight excluding hydrogens is 351 g/mol. The third-order valence-corrected chi connectivity index (χ3v) is 6.08. The van der Waals surface area contributed by atoms with Crippen LogP contribution in [-0.4, -0.2) is 23.9 Å². The van der Waals surface area contributed by atoms with E-state index in [1.807, 2.05) is 31.2 Å². The standard InChI is InChI=1S/C22H22ClFO2/c1-14-2-7-20(23)19(10-14)17-11-22(26-13-17)9-8-16(12-25)21(22)15-3-5-18(24)6-4-15/h2-7,10-11,16,21,25H,8-9,12-13H2,1H3/t16-,21-,22-/m1/s1. The molecule has 0 aromatic heterocycles. The lowest BCUT2D eigenvalue weighted by Crippen LogP contribution is -2.33. The molecule has 26 heavy (non-hydrogen) atoms. The van der Waals surface area contributed by atoms with Gasteiger partial charge >= 0.3 is 0 Å². The van der Waals surface area contributed by atoms with Gasteiger partial charge in [0, 0.05) is 17.5 Å². The summed E-state index contributed by atoms with van der Waals surface area (Å²) in [6.07, 6.45) is 3.91. The molecule has 136 valence electrons. The fourth-order valence-electron chi connectivity index (χ4n) is 4.51. The second kappa shape index (κ2) is 6.80. The monoisotopic (exact) mass is 372 g/mol. The van der Waals surface area contributed by atoms with Crippen LogP contribution in [0.3, 0.4) is 0 Å². The molecular formula is C22H22ClFO2. The third kappa shape index (κ3) is 2.98. The van der Waals surface area contributed by atoms with Crippen molar-refractivity contribution >= 4 is 17.2 Å². The van der Waals surface area contributed by atoms with Crippen molar-refractivity contribution < 1.29 is 14.2 Å². The highest BCUT2D eigenvalue weighted by molar-refractivity contribution is 6.32. The molecule has 3 atom stereocenters. The fraction of sp³-hybridized carbons (Fsp3) is 0.364. The molecule has 4 rings (SSSR count). The van der Waals surface area contributed by atoms with Gasteiger partial charge in [-0.25, -0.2) is 4.39 Å². The molecule has 1 aliphatic carbocycles. The van der Waals surface area contributed by atoms with Crippen molar-refractivity contribution in [2.45, 2.75) is 31.3 Å². The van der Waals surface area contributed by atoms with Crippen molar-refractivity contribution in [1.29, 1.82) is 0 Å². The van der Waals surface area contributed by atoms with Crippen LogP contribution < -0.4 is 0 Å². The molecule has 1 fully saturated rings. The van der Waals surface area contributed by atoms with Gasteiger partial charge in [-0.3, -0.25) is 0 Å². The number of aryl methyl sites for hydroxylation is 1. The van der Waals surface area contributed by atoms with E-state index in [4.69, 9.17) is 16.3 Å². The molecule has 1 spiro atoms. The molecule has 1 saturated carbocycles. The summed E-state index contributed by atoms with van der Waals surface area (Å²) < 4.78 is 19.7. The number of aliphatic hydroxyl groups is 1. The van der Waals surface area contributed by atoms with Gasteiger partial charge in [0.1, 0.15) is 5.82 Å². The zero-order valence-corrected chi connectivity index (χ0v) is 15.5. The van der Waals surface area contributed by atoms with Crippen molar-refractivity contribution in [3.8, 4) is 0 Å². The van der Waals surface area contributed by atoms with Crippen molar-refractivity contribution in [2.75, 3.05) is 13.2 Å². The largest absolute Gasteiger partial charge is 0.396 e. The van der Waals surface area contributed by atoms with Gasteiger partial charge in [0.2, 0.25) is 0 Å². The number of benzene rings is 2. The Hall–Kier alpha value is -1.68. The van der Waals surface area contributed by atoms with E-state index < -0.39 is 5.60 Å². The number of ether oxygens (including phenoxy) is 1. The van der Waals surface area contributed by atoms with E-state index in [-0.39, 0.29) is 24.3 Å². The van der Waals surface area contributed by atoms with E-state index in [1.165, 1.54) is 12.1 Å². The average molecular weight is 373 g/mol. The summed E-state index contributed by atoms with van der Waals surface area (Å²) in [6, 6.07) is 12.6. The molecule has 2 nitrogen and oxygen atoms in total. The van der Waals surface area contributed by atoms with Gasteiger partial charge in [0.25, 0.3) is 0 Å². The summed E-state index contributed by atoms with van der Waals surface area (Å²) in [4.78, 5) is 0. The van der Waals surface area contributed by atoms with E-state index >= 15 is 0 Å². The summed E-state index contributed by atoms with van der Waals surface area (Å²) in [7, 11) is 0. The minimum absolute atomic E-state index is 0.00850. The lowest BCUT2D eigenvalue weighted by Gasteiger charge is -2.32. The first-order chi connectivity index (χ1) is 12.5. The Kier molecular flexibility index (Phi) is 4.64. The second-order valence-electron chi connectivity index (χ2n) is 7.41. The Morgan fingerprint density at radius 1 is 1.23 bits per heavy atom. The Balaban J connectivity index is 1.75. The highest BCUT2D eigenvalue weighted by atomic mass is 35.5. The van der Waals surface area contributed by atoms with E-state index in [2.05, 4.69) is 12.1 Å². The number of hydrogen-bond acceptors (Lipinski definition) is 2. The Morgan fingerprint density at radius 2 is 2.00 bits per heavy atom. The first-order valence-corrected chi connectivity index (χ1v) is 9.39. The lowest BCUT2D eigenvalue weighted by molar-refractivity contribution is 0.0107. The predicted octanol–water partition coefficient (Wildman–Crippen LogP) is 5.13. The highest BCUT2D eigenvalue weighted by Crippen LogP contribution is 2.53. The molecule has 4 heteroatoms. The molecule has 1 N–H and O–H groups in total. The Morgan fingerprint density at radius 3 is 2.73 bits per heavy atom. The Bertz CT molecular complexity index is 846. The van der Waals surface area contributed by atoms with Gasteiger partial charge in [-0.05, 0) is 66.7 Å². The summed E-state index contributed by atoms with van der Waals surface area (Å²) in [5.74, 6) is -0.144. The maximum Gasteiger partial charge on any atom is 0.123 e. The number of aliphatic hydroxyl groups excluding tert-OH is 1. The molecule has 0 saturated heterocycles. The first-order valence-electron chi connectivity index (χ1n) is 9.01. The van der Waals surface area contributed by atoms with Crippen LogP contribution in [0.15, 0.2) is 48.5 Å². The molecule has 2 aromatic carbocycles. The molecule has 1 heterocycles. The van der Waals surface area contributed by atoms with E-state index in [1.54, 1.807) is 0 Å². The smallest absolute Gasteiger partial charge is 0.123 e. The van der Waals surface area contributed by atoms with Crippen LogP contribution in [0.25, 0.3) is 5.57 Å². The molecule has 0 bridgehead atoms. The van der Waals surface area contributed by atoms with Crippen molar-refractivity contribution in [1.82, 2.24) is 0 Å². The minimum atomic E-state index is -0.465. The molecule has 0 amide bonds. The summed E-state index contributed by atoms with van der Waals surface area (Å²) in [5.41, 5.74) is 3.79. The van der Waals surface area contributed by atoms with Gasteiger partial charge in [-0.2, -0.15) is 0 Å². The van der Waals surface area contributed by atoms with Gasteiger partial charge in [0.05, 0.1) is 12.2 Å². The maximum atomic E-state index is 13.4. The number of halogens is 2. The summed E-state index contributed by atoms with van der Waals surface area (Å²) >= 11 is 6.42. The van der Waals surface area contributed by atoms with Gasteiger partial charge in [-0.15, -0.1) is 0 Å². The molecule has 2 aromatic rings. The predicted molar refractivity (Wildman–Crippen MR) is 102 cm³/mol. The summed E-state index contributed by atoms with van der Waals surface area (Å²) in [5, 5.41) is 10.6. The van der Waals surface area contributed by atoms with Crippen LogP contribution in [0.1, 0.15) is 35.4 Å². The average Bonchev–Trinajstić information content (AvgIpc) is 3.22. The van der Waals surface area contributed by atoms with Crippen molar-refractivity contribution in [3.05, 3.63) is 76.1 Å². The minimum Gasteiger partial charge on any atom is -0.396 e. The topological polar surface area (TPSA) is 29.5 Å². The van der Waals surface area contributed by atoms with Crippen LogP contribution in [0.4, 0.5) is 4.39 Å². The normalized spacial score (nSPS) is 27.9. The van der Waals surface area contributed by atoms with Crippen molar-refractivity contribution in [2.24, 2.45) is 5.92 Å². The van der Waals surface area contributed by atoms with E-state index in [0.29, 0.717) is 6.61 Å². The number of rotatable bonds is 3. The van der Waals surface area contributed by atoms with Crippen LogP contribution >= 0.6 is 11.6 Å². The van der Waals surface area contributed by atoms with Crippen LogP contribution in [0.2, 0.25) is 5.02 Å². The second-order valence-corrected chi connectivity index (χ2v) is 7.81. The first kappa shape index (κ1) is 17.7. The van der Waals surface area contributed by atoms with Gasteiger partial charge in [-0.1, -0.05) is 41.4 Å². The van der Waals surface area contributed by atoms with E-state index in [9.17, 15) is 9.50 Å². The van der Waals surface area contributed by atoms with Gasteiger partial charge in [0.15, 0.2) is 0 Å². The molecule has 2 aliphatic rings. The highest BCUT2D eigenvalue weighted by Gasteiger charge is 2.51. The maximum absolute atomic E-state index is 13.4. The Labute approximate surface area is 158 Å². The zero-order chi connectivity index (χ0) is 18.3. The summed E-state index contributed by atoms with van der Waals surface area (Å²) in [6.45, 7) is 2.64. The molecule has 0 unspecified atom stereocenters. The van der Waals surface area contributed by atoms with Crippen LogP contribution in [-0.2, 0) is 4.74 Å². The van der Waals surface area contributed by atoms with Crippen molar-refractivity contribution in [3.63, 3.8) is 0 Å². The molecule has 0 radical (unpaired) electrons. The number of hydrogen-bond donors (Lipinski definition) is 1. The molecule has 1 aliphatic heterocycles. The van der Waals surface area contributed by atoms with Gasteiger partial charge < -0.3 is 9.84 Å². The lowest BCUT2D eigenvalue weighted by atomic mass is 9.80. The van der Waals surface area contributed by atoms with E-state index in [0.717, 1.165) is 40.1 Å². The van der Waals surface area contributed by atoms with Crippen LogP contribution in [0, 0.1) is 18.7 Å². The quantitative estimate of drug-likeness (QED) is 0.809. The third-order valence-electron chi connectivity index (χ3n) is 5.75.